The molecule has 9 aromatic rings. The van der Waals surface area contributed by atoms with Crippen LogP contribution in [0.25, 0.3) is 16.7 Å². The molecule has 6 unspecified atom stereocenters. The number of fused-ring (bicyclic) bond motifs is 5. The van der Waals surface area contributed by atoms with E-state index in [2.05, 4.69) is 318 Å². The van der Waals surface area contributed by atoms with Crippen LogP contribution >= 0.6 is 0 Å². The second-order valence-electron chi connectivity index (χ2n) is 25.7. The lowest BCUT2D eigenvalue weighted by Gasteiger charge is -2.49. The van der Waals surface area contributed by atoms with Crippen molar-refractivity contribution in [3.05, 3.63) is 359 Å². The molecule has 6 atom stereocenters. The van der Waals surface area contributed by atoms with Crippen molar-refractivity contribution in [2.24, 2.45) is 11.8 Å². The molecule has 0 spiro atoms. The summed E-state index contributed by atoms with van der Waals surface area (Å²) in [6.07, 6.45) is 19.4. The predicted octanol–water partition coefficient (Wildman–Crippen LogP) is 20.9. The summed E-state index contributed by atoms with van der Waals surface area (Å²) in [7, 11) is 0. The second-order valence-corrected chi connectivity index (χ2v) is 25.7. The fraction of sp³-hybridized carbons (Fsp3) is 0.200. The summed E-state index contributed by atoms with van der Waals surface area (Å²) in [5.74, 6) is 2.12. The highest BCUT2D eigenvalue weighted by molar-refractivity contribution is 5.87. The Balaban J connectivity index is 0.825. The van der Waals surface area contributed by atoms with Gasteiger partial charge in [0.2, 0.25) is 0 Å². The maximum Gasteiger partial charge on any atom is 0.119 e. The van der Waals surface area contributed by atoms with Gasteiger partial charge in [0.1, 0.15) is 19.0 Å². The van der Waals surface area contributed by atoms with Gasteiger partial charge in [-0.25, -0.2) is 0 Å². The van der Waals surface area contributed by atoms with E-state index < -0.39 is 10.8 Å². The van der Waals surface area contributed by atoms with Crippen molar-refractivity contribution < 1.29 is 9.47 Å². The van der Waals surface area contributed by atoms with Crippen LogP contribution in [0.3, 0.4) is 0 Å². The SMILES string of the molecule is C=CCOC1=CC=C(C2(c3ccc(C)cc3)c3ccccc3C3(C)C=CC(N(c4ccccc4)c4ccc(-c5ccc(N(c6ccccc6)C6(C)CCC7=C(C6)C(c6ccc(C)cc6)(c6ccc(OCC=C)cc6)c6ccccc67)cc5)cc4)=CC32)C(C)C1. The van der Waals surface area contributed by atoms with Crippen LogP contribution in [-0.4, -0.2) is 18.8 Å². The maximum absolute atomic E-state index is 6.23. The van der Waals surface area contributed by atoms with Crippen molar-refractivity contribution in [2.45, 2.75) is 82.1 Å². The highest BCUT2D eigenvalue weighted by atomic mass is 16.5. The van der Waals surface area contributed by atoms with E-state index in [-0.39, 0.29) is 22.8 Å². The molecule has 14 rings (SSSR count). The van der Waals surface area contributed by atoms with E-state index in [4.69, 9.17) is 9.47 Å². The molecule has 0 bridgehead atoms. The molecule has 0 saturated carbocycles. The van der Waals surface area contributed by atoms with E-state index in [1.165, 1.54) is 89.3 Å². The molecule has 0 amide bonds. The van der Waals surface area contributed by atoms with E-state index in [0.717, 1.165) is 54.3 Å². The fourth-order valence-corrected chi connectivity index (χ4v) is 16.2. The van der Waals surface area contributed by atoms with Gasteiger partial charge >= 0.3 is 0 Å². The van der Waals surface area contributed by atoms with Gasteiger partial charge in [-0.1, -0.05) is 244 Å². The number of aryl methyl sites for hydroxylation is 2. The third-order valence-electron chi connectivity index (χ3n) is 20.3. The summed E-state index contributed by atoms with van der Waals surface area (Å²) in [6, 6.07) is 86.5. The lowest BCUT2D eigenvalue weighted by atomic mass is 9.56. The second kappa shape index (κ2) is 23.1. The van der Waals surface area contributed by atoms with E-state index >= 15 is 0 Å². The van der Waals surface area contributed by atoms with Gasteiger partial charge in [-0.3, -0.25) is 0 Å². The average Bonchev–Trinajstić information content (AvgIpc) is 1.54. The smallest absolute Gasteiger partial charge is 0.119 e. The minimum atomic E-state index is -0.499. The molecule has 5 aliphatic carbocycles. The predicted molar refractivity (Wildman–Crippen MR) is 370 cm³/mol. The Morgan fingerprint density at radius 2 is 1.07 bits per heavy atom. The van der Waals surface area contributed by atoms with Crippen LogP contribution in [0.5, 0.6) is 5.75 Å². The quantitative estimate of drug-likeness (QED) is 0.0849. The van der Waals surface area contributed by atoms with Gasteiger partial charge in [0.15, 0.2) is 0 Å². The third-order valence-corrected chi connectivity index (χ3v) is 20.3. The Morgan fingerprint density at radius 3 is 1.70 bits per heavy atom. The summed E-state index contributed by atoms with van der Waals surface area (Å²) in [5, 5.41) is 0. The van der Waals surface area contributed by atoms with E-state index in [9.17, 15) is 0 Å². The Bertz CT molecular complexity index is 4280. The van der Waals surface area contributed by atoms with E-state index in [1.807, 2.05) is 6.08 Å². The molecule has 4 nitrogen and oxygen atoms in total. The van der Waals surface area contributed by atoms with E-state index in [1.54, 1.807) is 6.08 Å². The molecule has 0 saturated heterocycles. The molecule has 0 fully saturated rings. The van der Waals surface area contributed by atoms with Gasteiger partial charge in [-0.2, -0.15) is 0 Å². The third kappa shape index (κ3) is 9.58. The van der Waals surface area contributed by atoms with Crippen LogP contribution in [0, 0.1) is 25.7 Å². The first kappa shape index (κ1) is 57.1. The highest BCUT2D eigenvalue weighted by Crippen LogP contribution is 2.65. The molecule has 440 valence electrons. The first-order valence-corrected chi connectivity index (χ1v) is 31.9. The Kier molecular flexibility index (Phi) is 14.9. The number of nitrogens with zero attached hydrogens (tertiary/aromatic N) is 2. The zero-order chi connectivity index (χ0) is 60.9. The Morgan fingerprint density at radius 1 is 0.539 bits per heavy atom. The van der Waals surface area contributed by atoms with Crippen molar-refractivity contribution in [3.8, 4) is 16.9 Å². The number of ether oxygens (including phenoxy) is 2. The Hall–Kier alpha value is -9.64. The molecule has 0 aliphatic heterocycles. The topological polar surface area (TPSA) is 24.9 Å². The van der Waals surface area contributed by atoms with Crippen LogP contribution < -0.4 is 14.5 Å². The molecule has 4 heteroatoms. The van der Waals surface area contributed by atoms with Crippen LogP contribution in [0.1, 0.15) is 96.5 Å². The molecule has 0 aromatic heterocycles. The monoisotopic (exact) mass is 1160 g/mol. The molecule has 9 aromatic carbocycles. The number of benzene rings is 9. The van der Waals surface area contributed by atoms with Crippen molar-refractivity contribution in [3.63, 3.8) is 0 Å². The first-order valence-electron chi connectivity index (χ1n) is 31.9. The highest BCUT2D eigenvalue weighted by Gasteiger charge is 2.60. The van der Waals surface area contributed by atoms with Crippen LogP contribution in [0.15, 0.2) is 309 Å². The lowest BCUT2D eigenvalue weighted by molar-refractivity contribution is 0.221. The summed E-state index contributed by atoms with van der Waals surface area (Å²) >= 11 is 0. The molecule has 89 heavy (non-hydrogen) atoms. The van der Waals surface area contributed by atoms with Crippen LogP contribution in [0.4, 0.5) is 22.7 Å². The largest absolute Gasteiger partial charge is 0.494 e. The lowest BCUT2D eigenvalue weighted by Crippen LogP contribution is -2.47. The van der Waals surface area contributed by atoms with Gasteiger partial charge < -0.3 is 19.3 Å². The minimum Gasteiger partial charge on any atom is -0.494 e. The number of hydrogen-bond donors (Lipinski definition) is 0. The number of anilines is 4. The summed E-state index contributed by atoms with van der Waals surface area (Å²) in [4.78, 5) is 5.10. The van der Waals surface area contributed by atoms with Gasteiger partial charge in [0.25, 0.3) is 0 Å². The molecular formula is C85H78N2O2. The molecule has 5 aliphatic rings. The molecular weight excluding hydrogens is 1080 g/mol. The maximum atomic E-state index is 6.23. The first-order chi connectivity index (χ1) is 43.5. The minimum absolute atomic E-state index is 0.0486. The van der Waals surface area contributed by atoms with Gasteiger partial charge in [-0.15, -0.1) is 0 Å². The molecule has 0 radical (unpaired) electrons. The van der Waals surface area contributed by atoms with E-state index in [0.29, 0.717) is 13.2 Å². The summed E-state index contributed by atoms with van der Waals surface area (Å²) in [6.45, 7) is 20.5. The fourth-order valence-electron chi connectivity index (χ4n) is 16.2. The normalized spacial score (nSPS) is 23.0. The van der Waals surface area contributed by atoms with Crippen molar-refractivity contribution in [2.75, 3.05) is 23.0 Å². The van der Waals surface area contributed by atoms with Gasteiger partial charge in [-0.05, 0) is 180 Å². The summed E-state index contributed by atoms with van der Waals surface area (Å²) < 4.78 is 12.3. The Labute approximate surface area is 527 Å². The average molecular weight is 1160 g/mol. The van der Waals surface area contributed by atoms with Crippen molar-refractivity contribution in [1.82, 2.24) is 0 Å². The van der Waals surface area contributed by atoms with Gasteiger partial charge in [0.05, 0.1) is 11.2 Å². The number of allylic oxidation sites excluding steroid dienone is 8. The zero-order valence-electron chi connectivity index (χ0n) is 52.0. The standard InChI is InChI=1S/C85H78N2O2/c1-8-54-88-72-46-40-65(41-47-72)84(64-36-28-59(3)29-37-64)77-25-17-16-24-74(77)75-51-52-82(6,58-80(75)84)87(69-22-14-11-15-23-69)70-44-34-63(35-45-70)62-32-42-68(43-33-62)86(67-20-12-10-13-21-67)71-50-53-83(7)78-26-18-19-27-79(78)85(81(83)57-71,66-38-30-60(4)31-39-66)76-49-48-73(56-61(76)5)89-55-9-2/h8-50,53,57,61,81H,1-2,51-52,54-56,58H2,3-7H3. The van der Waals surface area contributed by atoms with Gasteiger partial charge in [0, 0.05) is 57.2 Å². The number of hydrogen-bond acceptors (Lipinski definition) is 4. The van der Waals surface area contributed by atoms with Crippen molar-refractivity contribution >= 4 is 28.3 Å². The number of para-hydroxylation sites is 2. The summed E-state index contributed by atoms with van der Waals surface area (Å²) in [5.41, 5.74) is 22.7. The zero-order valence-corrected chi connectivity index (χ0v) is 52.0. The number of rotatable bonds is 17. The van der Waals surface area contributed by atoms with Crippen molar-refractivity contribution in [1.29, 1.82) is 0 Å². The van der Waals surface area contributed by atoms with Crippen LogP contribution in [-0.2, 0) is 21.0 Å². The molecule has 0 N–H and O–H groups in total. The van der Waals surface area contributed by atoms with Crippen LogP contribution in [0.2, 0.25) is 0 Å². The molecule has 0 heterocycles.